The van der Waals surface area contributed by atoms with Crippen LogP contribution in [0.25, 0.3) is 11.1 Å². The van der Waals surface area contributed by atoms with Crippen molar-refractivity contribution in [2.45, 2.75) is 51.6 Å². The number of carbonyl (C=O) groups is 3. The highest BCUT2D eigenvalue weighted by Gasteiger charge is 2.40. The van der Waals surface area contributed by atoms with E-state index in [-0.39, 0.29) is 24.5 Å². The Morgan fingerprint density at radius 2 is 1.80 bits per heavy atom. The third kappa shape index (κ3) is 6.29. The molecular weight excluding hydrogens is 568 g/mol. The Bertz CT molecular complexity index is 1700. The van der Waals surface area contributed by atoms with Crippen molar-refractivity contribution < 1.29 is 23.9 Å². The number of carbonyl (C=O) groups excluding carboxylic acids is 3. The summed E-state index contributed by atoms with van der Waals surface area (Å²) in [6.07, 6.45) is 5.32. The van der Waals surface area contributed by atoms with Crippen molar-refractivity contribution in [2.24, 2.45) is 0 Å². The van der Waals surface area contributed by atoms with Gasteiger partial charge in [-0.05, 0) is 80.1 Å². The van der Waals surface area contributed by atoms with E-state index in [2.05, 4.69) is 10.3 Å². The van der Waals surface area contributed by atoms with E-state index in [9.17, 15) is 14.4 Å². The number of amides is 2. The number of rotatable bonds is 10. The van der Waals surface area contributed by atoms with Crippen LogP contribution >= 0.6 is 0 Å². The molecule has 1 N–H and O–H groups in total. The third-order valence-electron chi connectivity index (χ3n) is 8.51. The Morgan fingerprint density at radius 3 is 2.51 bits per heavy atom. The fourth-order valence-electron chi connectivity index (χ4n) is 6.26. The van der Waals surface area contributed by atoms with Gasteiger partial charge in [0.2, 0.25) is 0 Å². The first kappa shape index (κ1) is 30.0. The molecule has 2 aliphatic rings. The van der Waals surface area contributed by atoms with Crippen LogP contribution in [0.4, 0.5) is 0 Å². The highest BCUT2D eigenvalue weighted by molar-refractivity contribution is 6.10. The van der Waals surface area contributed by atoms with Crippen LogP contribution in [0.1, 0.15) is 73.5 Å². The SMILES string of the molecule is CCOC(=O)c1c(CCc2ccc(OC)cc2)nc2c(c1-c1ccc(C(=O)NCc3ccccn3)cc1)C(=O)N1CCC[C@H]1C2. The molecule has 1 atom stereocenters. The van der Waals surface area contributed by atoms with Gasteiger partial charge < -0.3 is 19.7 Å². The Kier molecular flexibility index (Phi) is 8.86. The number of hydrogen-bond acceptors (Lipinski definition) is 7. The summed E-state index contributed by atoms with van der Waals surface area (Å²) in [6, 6.07) is 20.5. The Hall–Kier alpha value is -5.05. The third-order valence-corrected chi connectivity index (χ3v) is 8.51. The molecule has 2 aliphatic heterocycles. The molecule has 1 fully saturated rings. The highest BCUT2D eigenvalue weighted by Crippen LogP contribution is 2.39. The predicted molar refractivity (Wildman–Crippen MR) is 169 cm³/mol. The Morgan fingerprint density at radius 1 is 1.00 bits per heavy atom. The van der Waals surface area contributed by atoms with Crippen LogP contribution in [0, 0.1) is 0 Å². The molecule has 0 saturated carbocycles. The number of nitrogens with zero attached hydrogens (tertiary/aromatic N) is 3. The van der Waals surface area contributed by atoms with Crippen LogP contribution in [0.3, 0.4) is 0 Å². The number of aromatic nitrogens is 2. The largest absolute Gasteiger partial charge is 0.497 e. The molecule has 1 saturated heterocycles. The molecule has 2 aromatic heterocycles. The first-order chi connectivity index (χ1) is 22.0. The zero-order chi connectivity index (χ0) is 31.3. The van der Waals surface area contributed by atoms with Gasteiger partial charge in [0, 0.05) is 36.3 Å². The predicted octanol–water partition coefficient (Wildman–Crippen LogP) is 5.20. The van der Waals surface area contributed by atoms with Crippen molar-refractivity contribution in [1.82, 2.24) is 20.2 Å². The maximum Gasteiger partial charge on any atom is 0.340 e. The maximum atomic E-state index is 14.0. The molecule has 4 heterocycles. The fourth-order valence-corrected chi connectivity index (χ4v) is 6.26. The summed E-state index contributed by atoms with van der Waals surface area (Å²) in [7, 11) is 1.63. The number of pyridine rings is 2. The van der Waals surface area contributed by atoms with Gasteiger partial charge in [-0.15, -0.1) is 0 Å². The van der Waals surface area contributed by atoms with Gasteiger partial charge in [-0.1, -0.05) is 30.3 Å². The number of methoxy groups -OCH3 is 1. The van der Waals surface area contributed by atoms with Crippen LogP contribution in [-0.2, 0) is 30.5 Å². The van der Waals surface area contributed by atoms with Gasteiger partial charge >= 0.3 is 5.97 Å². The second-order valence-electron chi connectivity index (χ2n) is 11.3. The number of benzene rings is 2. The zero-order valence-corrected chi connectivity index (χ0v) is 25.5. The van der Waals surface area contributed by atoms with Crippen LogP contribution in [0.2, 0.25) is 0 Å². The summed E-state index contributed by atoms with van der Waals surface area (Å²) in [5.41, 5.74) is 5.56. The molecule has 230 valence electrons. The zero-order valence-electron chi connectivity index (χ0n) is 25.5. The fraction of sp³-hybridized carbons (Fsp3) is 0.306. The lowest BCUT2D eigenvalue weighted by Crippen LogP contribution is -2.42. The lowest BCUT2D eigenvalue weighted by Gasteiger charge is -2.33. The molecule has 45 heavy (non-hydrogen) atoms. The second-order valence-corrected chi connectivity index (χ2v) is 11.3. The van der Waals surface area contributed by atoms with Crippen molar-refractivity contribution in [3.63, 3.8) is 0 Å². The first-order valence-electron chi connectivity index (χ1n) is 15.4. The molecule has 0 aliphatic carbocycles. The number of aryl methyl sites for hydroxylation is 2. The summed E-state index contributed by atoms with van der Waals surface area (Å²) in [6.45, 7) is 2.94. The number of hydrogen-bond donors (Lipinski definition) is 1. The van der Waals surface area contributed by atoms with Crippen LogP contribution in [-0.4, -0.2) is 59.0 Å². The summed E-state index contributed by atoms with van der Waals surface area (Å²) in [5.74, 6) is -0.0915. The van der Waals surface area contributed by atoms with E-state index in [0.29, 0.717) is 71.6 Å². The molecular formula is C36H36N4O5. The lowest BCUT2D eigenvalue weighted by atomic mass is 9.86. The van der Waals surface area contributed by atoms with E-state index in [1.807, 2.05) is 47.4 Å². The maximum absolute atomic E-state index is 14.0. The van der Waals surface area contributed by atoms with Gasteiger partial charge in [0.25, 0.3) is 11.8 Å². The Labute approximate surface area is 262 Å². The van der Waals surface area contributed by atoms with Crippen molar-refractivity contribution >= 4 is 17.8 Å². The monoisotopic (exact) mass is 604 g/mol. The minimum atomic E-state index is -0.513. The van der Waals surface area contributed by atoms with E-state index in [1.54, 1.807) is 44.5 Å². The second kappa shape index (κ2) is 13.3. The van der Waals surface area contributed by atoms with Crippen LogP contribution in [0.15, 0.2) is 72.9 Å². The molecule has 0 radical (unpaired) electrons. The normalized spacial score (nSPS) is 15.3. The Balaban J connectivity index is 1.40. The standard InChI is InChI=1S/C36H36N4O5/c1-3-45-36(43)33-29(18-11-23-9-16-28(44-2)17-10-23)39-30-21-27-8-6-20-40(27)35(42)32(30)31(33)24-12-14-25(15-13-24)34(41)38-22-26-7-4-5-19-37-26/h4-5,7,9-10,12-17,19,27H,3,6,8,11,18,20-22H2,1-2H3,(H,38,41)/t27-/m0/s1. The van der Waals surface area contributed by atoms with Gasteiger partial charge in [-0.3, -0.25) is 19.6 Å². The minimum Gasteiger partial charge on any atom is -0.497 e. The van der Waals surface area contributed by atoms with Gasteiger partial charge in [-0.25, -0.2) is 4.79 Å². The highest BCUT2D eigenvalue weighted by atomic mass is 16.5. The van der Waals surface area contributed by atoms with E-state index in [1.165, 1.54) is 0 Å². The lowest BCUT2D eigenvalue weighted by molar-refractivity contribution is 0.0525. The molecule has 0 unspecified atom stereocenters. The average Bonchev–Trinajstić information content (AvgIpc) is 3.55. The molecule has 2 amide bonds. The van der Waals surface area contributed by atoms with Gasteiger partial charge in [0.1, 0.15) is 5.75 Å². The summed E-state index contributed by atoms with van der Waals surface area (Å²) < 4.78 is 10.9. The van der Waals surface area contributed by atoms with Crippen molar-refractivity contribution in [3.05, 3.63) is 112 Å². The van der Waals surface area contributed by atoms with E-state index < -0.39 is 5.97 Å². The number of ether oxygens (including phenoxy) is 2. The van der Waals surface area contributed by atoms with E-state index >= 15 is 0 Å². The van der Waals surface area contributed by atoms with Gasteiger partial charge in [-0.2, -0.15) is 0 Å². The molecule has 2 aromatic carbocycles. The molecule has 6 rings (SSSR count). The van der Waals surface area contributed by atoms with E-state index in [0.717, 1.165) is 29.8 Å². The van der Waals surface area contributed by atoms with Gasteiger partial charge in [0.15, 0.2) is 0 Å². The van der Waals surface area contributed by atoms with Crippen LogP contribution in [0.5, 0.6) is 5.75 Å². The molecule has 4 aromatic rings. The number of fused-ring (bicyclic) bond motifs is 2. The quantitative estimate of drug-likeness (QED) is 0.248. The number of nitrogens with one attached hydrogen (secondary N) is 1. The van der Waals surface area contributed by atoms with Gasteiger partial charge in [0.05, 0.1) is 48.5 Å². The van der Waals surface area contributed by atoms with Crippen LogP contribution < -0.4 is 10.1 Å². The summed E-state index contributed by atoms with van der Waals surface area (Å²) in [4.78, 5) is 51.9. The minimum absolute atomic E-state index is 0.106. The van der Waals surface area contributed by atoms with Crippen molar-refractivity contribution in [3.8, 4) is 16.9 Å². The topological polar surface area (TPSA) is 111 Å². The number of esters is 1. The van der Waals surface area contributed by atoms with E-state index in [4.69, 9.17) is 14.5 Å². The molecule has 9 nitrogen and oxygen atoms in total. The average molecular weight is 605 g/mol. The van der Waals surface area contributed by atoms with Crippen molar-refractivity contribution in [1.29, 1.82) is 0 Å². The molecule has 0 bridgehead atoms. The molecule has 0 spiro atoms. The summed E-state index contributed by atoms with van der Waals surface area (Å²) in [5, 5.41) is 2.90. The molecule has 9 heteroatoms. The summed E-state index contributed by atoms with van der Waals surface area (Å²) >= 11 is 0. The van der Waals surface area contributed by atoms with Crippen molar-refractivity contribution in [2.75, 3.05) is 20.3 Å². The smallest absolute Gasteiger partial charge is 0.340 e. The first-order valence-corrected chi connectivity index (χ1v) is 15.4.